The summed E-state index contributed by atoms with van der Waals surface area (Å²) in [5.41, 5.74) is 1.82. The van der Waals surface area contributed by atoms with Crippen LogP contribution in [0.4, 0.5) is 0 Å². The summed E-state index contributed by atoms with van der Waals surface area (Å²) in [6, 6.07) is 0. The molecule has 0 amide bonds. The quantitative estimate of drug-likeness (QED) is 0.792. The van der Waals surface area contributed by atoms with Crippen LogP contribution in [-0.2, 0) is 4.79 Å². The van der Waals surface area contributed by atoms with Gasteiger partial charge in [-0.3, -0.25) is 4.79 Å². The van der Waals surface area contributed by atoms with Crippen LogP contribution in [0.2, 0.25) is 0 Å². The number of ketones is 1. The zero-order valence-electron chi connectivity index (χ0n) is 15.6. The van der Waals surface area contributed by atoms with Gasteiger partial charge in [0.25, 0.3) is 0 Å². The van der Waals surface area contributed by atoms with E-state index in [0.717, 1.165) is 42.9 Å². The average Bonchev–Trinajstić information content (AvgIpc) is 2.90. The zero-order chi connectivity index (χ0) is 17.1. The lowest BCUT2D eigenvalue weighted by Gasteiger charge is -2.57. The van der Waals surface area contributed by atoms with Crippen LogP contribution >= 0.6 is 0 Å². The van der Waals surface area contributed by atoms with Crippen molar-refractivity contribution in [2.75, 3.05) is 0 Å². The van der Waals surface area contributed by atoms with Gasteiger partial charge < -0.3 is 5.11 Å². The van der Waals surface area contributed by atoms with Gasteiger partial charge in [-0.25, -0.2) is 0 Å². The minimum atomic E-state index is -0.166. The van der Waals surface area contributed by atoms with Gasteiger partial charge in [-0.2, -0.15) is 0 Å². The lowest BCUT2D eigenvalue weighted by molar-refractivity contribution is -0.117. The third-order valence-electron chi connectivity index (χ3n) is 8.60. The molecule has 0 aromatic carbocycles. The molecule has 0 bridgehead atoms. The molecule has 8 atom stereocenters. The molecule has 0 unspecified atom stereocenters. The lowest BCUT2D eigenvalue weighted by Crippen LogP contribution is -2.51. The number of fused-ring (bicyclic) bond motifs is 5. The maximum Gasteiger partial charge on any atom is 0.155 e. The molecule has 24 heavy (non-hydrogen) atoms. The molecule has 4 aliphatic rings. The van der Waals surface area contributed by atoms with E-state index in [4.69, 9.17) is 0 Å². The molecule has 1 N–H and O–H groups in total. The number of aliphatic hydroxyl groups is 1. The summed E-state index contributed by atoms with van der Waals surface area (Å²) in [7, 11) is 0. The molecule has 134 valence electrons. The van der Waals surface area contributed by atoms with Crippen molar-refractivity contribution in [1.82, 2.24) is 0 Å². The highest BCUT2D eigenvalue weighted by atomic mass is 16.3. The van der Waals surface area contributed by atoms with Crippen LogP contribution < -0.4 is 0 Å². The second kappa shape index (κ2) is 5.97. The Labute approximate surface area is 147 Å². The minimum Gasteiger partial charge on any atom is -0.393 e. The standard InChI is InChI=1S/C22H34O2/c1-4-14-12-22(3)19(13(2)23)9-10-20(22)18-7-5-15-11-16(24)6-8-17(15)21(14)18/h11,13-14,17-21,23H,4-10,12H2,1-3H3/t13-,14-,17-,18-,19+,20+,21+,22+/m0/s1. The Hall–Kier alpha value is -0.630. The fourth-order valence-electron chi connectivity index (χ4n) is 7.75. The second-order valence-corrected chi connectivity index (χ2v) is 9.52. The monoisotopic (exact) mass is 330 g/mol. The summed E-state index contributed by atoms with van der Waals surface area (Å²) >= 11 is 0. The first-order chi connectivity index (χ1) is 11.5. The average molecular weight is 331 g/mol. The van der Waals surface area contributed by atoms with E-state index < -0.39 is 0 Å². The van der Waals surface area contributed by atoms with Gasteiger partial charge in [0.05, 0.1) is 6.10 Å². The lowest BCUT2D eigenvalue weighted by atomic mass is 9.47. The van der Waals surface area contributed by atoms with Gasteiger partial charge in [0.1, 0.15) is 0 Å². The first-order valence-corrected chi connectivity index (χ1v) is 10.4. The summed E-state index contributed by atoms with van der Waals surface area (Å²) < 4.78 is 0. The van der Waals surface area contributed by atoms with Gasteiger partial charge >= 0.3 is 0 Å². The highest BCUT2D eigenvalue weighted by Gasteiger charge is 2.59. The van der Waals surface area contributed by atoms with Gasteiger partial charge in [0.15, 0.2) is 5.78 Å². The predicted octanol–water partition coefficient (Wildman–Crippen LogP) is 4.76. The molecule has 2 heteroatoms. The predicted molar refractivity (Wildman–Crippen MR) is 96.4 cm³/mol. The Bertz CT molecular complexity index is 548. The SMILES string of the molecule is CC[C@H]1C[C@@]2(C)[C@H](CC[C@@H]2[C@H](C)O)[C@@H]2CCC3=CC(=O)CC[C@@H]3[C@@H]12. The molecule has 0 heterocycles. The Morgan fingerprint density at radius 2 is 2.04 bits per heavy atom. The normalized spacial score (nSPS) is 49.0. The van der Waals surface area contributed by atoms with Crippen LogP contribution in [0.25, 0.3) is 0 Å². The summed E-state index contributed by atoms with van der Waals surface area (Å²) in [6.07, 6.45) is 11.2. The molecule has 0 saturated heterocycles. The Kier molecular flexibility index (Phi) is 4.18. The Morgan fingerprint density at radius 1 is 1.25 bits per heavy atom. The number of hydrogen-bond acceptors (Lipinski definition) is 2. The van der Waals surface area contributed by atoms with Gasteiger partial charge in [-0.15, -0.1) is 0 Å². The van der Waals surface area contributed by atoms with Crippen LogP contribution in [-0.4, -0.2) is 17.0 Å². The van der Waals surface area contributed by atoms with E-state index in [1.165, 1.54) is 37.7 Å². The summed E-state index contributed by atoms with van der Waals surface area (Å²) in [5.74, 6) is 4.73. The van der Waals surface area contributed by atoms with Crippen LogP contribution in [0, 0.1) is 40.9 Å². The molecule has 0 radical (unpaired) electrons. The highest BCUT2D eigenvalue weighted by Crippen LogP contribution is 2.66. The summed E-state index contributed by atoms with van der Waals surface area (Å²) in [4.78, 5) is 11.9. The number of rotatable bonds is 2. The minimum absolute atomic E-state index is 0.166. The third kappa shape index (κ3) is 2.35. The smallest absolute Gasteiger partial charge is 0.155 e. The van der Waals surface area contributed by atoms with E-state index in [-0.39, 0.29) is 6.10 Å². The zero-order valence-corrected chi connectivity index (χ0v) is 15.6. The van der Waals surface area contributed by atoms with E-state index in [1.54, 1.807) is 0 Å². The van der Waals surface area contributed by atoms with Crippen molar-refractivity contribution in [3.8, 4) is 0 Å². The van der Waals surface area contributed by atoms with Crippen molar-refractivity contribution >= 4 is 5.78 Å². The first-order valence-electron chi connectivity index (χ1n) is 10.4. The van der Waals surface area contributed by atoms with Gasteiger partial charge in [-0.1, -0.05) is 25.8 Å². The van der Waals surface area contributed by atoms with Crippen LogP contribution in [0.3, 0.4) is 0 Å². The molecule has 3 saturated carbocycles. The first kappa shape index (κ1) is 16.8. The Balaban J connectivity index is 1.68. The van der Waals surface area contributed by atoms with Gasteiger partial charge in [-0.05, 0) is 92.4 Å². The van der Waals surface area contributed by atoms with E-state index in [1.807, 2.05) is 13.0 Å². The Morgan fingerprint density at radius 3 is 2.75 bits per heavy atom. The molecule has 4 rings (SSSR count). The van der Waals surface area contributed by atoms with Crippen molar-refractivity contribution in [1.29, 1.82) is 0 Å². The molecular formula is C22H34O2. The van der Waals surface area contributed by atoms with E-state index in [0.29, 0.717) is 23.0 Å². The number of allylic oxidation sites excluding steroid dienone is 1. The van der Waals surface area contributed by atoms with E-state index in [9.17, 15) is 9.90 Å². The van der Waals surface area contributed by atoms with Crippen molar-refractivity contribution < 1.29 is 9.90 Å². The molecule has 0 aliphatic heterocycles. The molecule has 4 aliphatic carbocycles. The largest absolute Gasteiger partial charge is 0.393 e. The van der Waals surface area contributed by atoms with Crippen LogP contribution in [0.1, 0.15) is 72.1 Å². The highest BCUT2D eigenvalue weighted by molar-refractivity contribution is 5.91. The van der Waals surface area contributed by atoms with Crippen LogP contribution in [0.15, 0.2) is 11.6 Å². The maximum absolute atomic E-state index is 11.9. The molecule has 2 nitrogen and oxygen atoms in total. The number of hydrogen-bond donors (Lipinski definition) is 1. The number of aliphatic hydroxyl groups excluding tert-OH is 1. The van der Waals surface area contributed by atoms with Crippen molar-refractivity contribution in [3.63, 3.8) is 0 Å². The van der Waals surface area contributed by atoms with E-state index in [2.05, 4.69) is 13.8 Å². The topological polar surface area (TPSA) is 37.3 Å². The molecular weight excluding hydrogens is 296 g/mol. The molecule has 0 aromatic heterocycles. The van der Waals surface area contributed by atoms with Crippen molar-refractivity contribution in [3.05, 3.63) is 11.6 Å². The maximum atomic E-state index is 11.9. The third-order valence-corrected chi connectivity index (χ3v) is 8.60. The van der Waals surface area contributed by atoms with Crippen LogP contribution in [0.5, 0.6) is 0 Å². The number of carbonyl (C=O) groups excluding carboxylic acids is 1. The summed E-state index contributed by atoms with van der Waals surface area (Å²) in [6.45, 7) is 6.88. The number of carbonyl (C=O) groups is 1. The molecule has 0 aromatic rings. The summed E-state index contributed by atoms with van der Waals surface area (Å²) in [5, 5.41) is 10.4. The molecule has 3 fully saturated rings. The fourth-order valence-corrected chi connectivity index (χ4v) is 7.75. The van der Waals surface area contributed by atoms with E-state index >= 15 is 0 Å². The van der Waals surface area contributed by atoms with Crippen molar-refractivity contribution in [2.24, 2.45) is 40.9 Å². The van der Waals surface area contributed by atoms with Gasteiger partial charge in [0, 0.05) is 6.42 Å². The second-order valence-electron chi connectivity index (χ2n) is 9.52. The molecule has 0 spiro atoms. The van der Waals surface area contributed by atoms with Crippen molar-refractivity contribution in [2.45, 2.75) is 78.2 Å². The van der Waals surface area contributed by atoms with Gasteiger partial charge in [0.2, 0.25) is 0 Å². The fraction of sp³-hybridized carbons (Fsp3) is 0.864.